The van der Waals surface area contributed by atoms with Crippen molar-refractivity contribution in [3.8, 4) is 0 Å². The van der Waals surface area contributed by atoms with Crippen LogP contribution in [0.3, 0.4) is 0 Å². The molecule has 0 amide bonds. The first-order chi connectivity index (χ1) is 7.07. The third-order valence-electron chi connectivity index (χ3n) is 1.72. The molecule has 0 spiro atoms. The van der Waals surface area contributed by atoms with Gasteiger partial charge in [-0.05, 0) is 32.0 Å². The van der Waals surface area contributed by atoms with Gasteiger partial charge in [0.1, 0.15) is 6.04 Å². The summed E-state index contributed by atoms with van der Waals surface area (Å²) in [5.41, 5.74) is 6.39. The van der Waals surface area contributed by atoms with Crippen LogP contribution in [0.5, 0.6) is 0 Å². The zero-order valence-electron chi connectivity index (χ0n) is 9.37. The highest BCUT2D eigenvalue weighted by Crippen LogP contribution is 2.05. The van der Waals surface area contributed by atoms with Gasteiger partial charge in [-0.1, -0.05) is 33.7 Å². The maximum absolute atomic E-state index is 10.4. The number of allylic oxidation sites excluding steroid dienone is 2. The highest BCUT2D eigenvalue weighted by atomic mass is 79.9. The van der Waals surface area contributed by atoms with Crippen LogP contribution in [-0.2, 0) is 4.79 Å². The lowest BCUT2D eigenvalue weighted by atomic mass is 10.1. The van der Waals surface area contributed by atoms with Crippen molar-refractivity contribution in [3.05, 3.63) is 24.3 Å². The zero-order chi connectivity index (χ0) is 12.3. The van der Waals surface area contributed by atoms with Crippen molar-refractivity contribution in [2.45, 2.75) is 32.2 Å². The number of carbonyl (C=O) groups is 1. The van der Waals surface area contributed by atoms with Crippen molar-refractivity contribution in [1.29, 1.82) is 0 Å². The third-order valence-corrected chi connectivity index (χ3v) is 1.72. The molecule has 0 aromatic heterocycles. The normalized spacial score (nSPS) is 12.4. The van der Waals surface area contributed by atoms with E-state index in [4.69, 9.17) is 10.8 Å². The quantitative estimate of drug-likeness (QED) is 0.446. The van der Waals surface area contributed by atoms with Gasteiger partial charge in [-0.25, -0.2) is 0 Å². The Bertz CT molecular complexity index is 215. The minimum absolute atomic E-state index is 0.423. The number of carboxylic acids is 1. The van der Waals surface area contributed by atoms with E-state index in [-0.39, 0.29) is 0 Å². The second-order valence-electron chi connectivity index (χ2n) is 3.07. The molecular formula is C11H20BrNO2. The fourth-order valence-corrected chi connectivity index (χ4v) is 0.965. The largest absolute Gasteiger partial charge is 0.480 e. The van der Waals surface area contributed by atoms with Gasteiger partial charge in [0.2, 0.25) is 0 Å². The van der Waals surface area contributed by atoms with Crippen LogP contribution in [0.2, 0.25) is 0 Å². The molecule has 88 valence electrons. The van der Waals surface area contributed by atoms with Crippen molar-refractivity contribution < 1.29 is 9.90 Å². The molecule has 0 fully saturated rings. The molecule has 0 saturated carbocycles. The summed E-state index contributed by atoms with van der Waals surface area (Å²) in [7, 11) is 0. The summed E-state index contributed by atoms with van der Waals surface area (Å²) in [5, 5.41) is 8.53. The Kier molecular flexibility index (Phi) is 12.8. The second kappa shape index (κ2) is 11.5. The van der Waals surface area contributed by atoms with Crippen molar-refractivity contribution in [2.24, 2.45) is 5.73 Å². The van der Waals surface area contributed by atoms with Crippen LogP contribution < -0.4 is 5.73 Å². The lowest BCUT2D eigenvalue weighted by molar-refractivity contribution is -0.138. The molecule has 0 saturated heterocycles. The molecule has 1 atom stereocenters. The van der Waals surface area contributed by atoms with Gasteiger partial charge in [-0.2, -0.15) is 0 Å². The molecule has 4 heteroatoms. The molecule has 0 heterocycles. The van der Waals surface area contributed by atoms with Crippen molar-refractivity contribution in [3.63, 3.8) is 0 Å². The first kappa shape index (κ1) is 16.8. The predicted molar refractivity (Wildman–Crippen MR) is 68.3 cm³/mol. The van der Waals surface area contributed by atoms with Crippen molar-refractivity contribution >= 4 is 21.9 Å². The molecule has 0 aromatic carbocycles. The van der Waals surface area contributed by atoms with Gasteiger partial charge < -0.3 is 10.8 Å². The molecule has 3 nitrogen and oxygen atoms in total. The minimum Gasteiger partial charge on any atom is -0.480 e. The van der Waals surface area contributed by atoms with Crippen LogP contribution in [0.25, 0.3) is 0 Å². The van der Waals surface area contributed by atoms with E-state index in [2.05, 4.69) is 22.5 Å². The molecule has 15 heavy (non-hydrogen) atoms. The number of hydrogen-bond donors (Lipinski definition) is 2. The molecule has 0 rings (SSSR count). The first-order valence-electron chi connectivity index (χ1n) is 4.70. The van der Waals surface area contributed by atoms with Gasteiger partial charge >= 0.3 is 5.97 Å². The molecular weight excluding hydrogens is 258 g/mol. The molecule has 3 N–H and O–H groups in total. The topological polar surface area (TPSA) is 63.3 Å². The van der Waals surface area contributed by atoms with Crippen LogP contribution in [-0.4, -0.2) is 23.0 Å². The van der Waals surface area contributed by atoms with Gasteiger partial charge in [0.05, 0.1) is 0 Å². The van der Waals surface area contributed by atoms with Crippen LogP contribution in [0, 0.1) is 0 Å². The number of halogens is 1. The fraction of sp³-hybridized carbons (Fsp3) is 0.545. The Labute approximate surface area is 100 Å². The van der Waals surface area contributed by atoms with E-state index in [1.807, 2.05) is 24.9 Å². The molecule has 0 bridgehead atoms. The monoisotopic (exact) mass is 277 g/mol. The lowest BCUT2D eigenvalue weighted by Crippen LogP contribution is -2.30. The number of nitrogens with two attached hydrogens (primary N) is 1. The Hall–Kier alpha value is -0.610. The highest BCUT2D eigenvalue weighted by molar-refractivity contribution is 9.08. The maximum Gasteiger partial charge on any atom is 0.320 e. The summed E-state index contributed by atoms with van der Waals surface area (Å²) in [6.45, 7) is 5.49. The Balaban J connectivity index is 0. The summed E-state index contributed by atoms with van der Waals surface area (Å²) in [6, 6.07) is -0.778. The van der Waals surface area contributed by atoms with E-state index in [0.29, 0.717) is 6.42 Å². The van der Waals surface area contributed by atoms with E-state index < -0.39 is 12.0 Å². The minimum atomic E-state index is -0.948. The van der Waals surface area contributed by atoms with E-state index in [1.54, 1.807) is 0 Å². The fourth-order valence-electron chi connectivity index (χ4n) is 0.965. The number of alkyl halides is 1. The summed E-state index contributed by atoms with van der Waals surface area (Å²) in [4.78, 5) is 10.4. The highest BCUT2D eigenvalue weighted by Gasteiger charge is 2.10. The predicted octanol–water partition coefficient (Wildman–Crippen LogP) is 2.71. The number of carboxylic acid groups (broad SMARTS) is 1. The Morgan fingerprint density at radius 3 is 2.47 bits per heavy atom. The molecule has 0 aliphatic rings. The second-order valence-corrected chi connectivity index (χ2v) is 3.07. The number of hydrogen-bond acceptors (Lipinski definition) is 2. The van der Waals surface area contributed by atoms with Gasteiger partial charge in [-0.3, -0.25) is 4.79 Å². The van der Waals surface area contributed by atoms with E-state index in [9.17, 15) is 4.79 Å². The Morgan fingerprint density at radius 1 is 1.53 bits per heavy atom. The van der Waals surface area contributed by atoms with Crippen molar-refractivity contribution in [1.82, 2.24) is 0 Å². The van der Waals surface area contributed by atoms with E-state index in [1.165, 1.54) is 0 Å². The number of rotatable bonds is 6. The van der Waals surface area contributed by atoms with E-state index >= 15 is 0 Å². The number of aliphatic carboxylic acids is 1. The number of unbranched alkanes of at least 4 members (excludes halogenated alkanes) is 1. The Morgan fingerprint density at radius 2 is 2.07 bits per heavy atom. The zero-order valence-corrected chi connectivity index (χ0v) is 11.0. The summed E-state index contributed by atoms with van der Waals surface area (Å²) < 4.78 is 0. The maximum atomic E-state index is 10.4. The molecule has 0 radical (unpaired) electrons. The average Bonchev–Trinajstić information content (AvgIpc) is 2.21. The van der Waals surface area contributed by atoms with E-state index in [0.717, 1.165) is 18.4 Å². The van der Waals surface area contributed by atoms with Gasteiger partial charge in [0, 0.05) is 0 Å². The molecule has 0 aromatic rings. The summed E-state index contributed by atoms with van der Waals surface area (Å²) >= 11 is 2.94. The molecule has 1 unspecified atom stereocenters. The van der Waals surface area contributed by atoms with Crippen LogP contribution in [0.1, 0.15) is 26.2 Å². The van der Waals surface area contributed by atoms with Gasteiger partial charge in [0.25, 0.3) is 0 Å². The first-order valence-corrected chi connectivity index (χ1v) is 6.29. The average molecular weight is 278 g/mol. The van der Waals surface area contributed by atoms with Crippen LogP contribution >= 0.6 is 15.9 Å². The van der Waals surface area contributed by atoms with Crippen LogP contribution in [0.15, 0.2) is 24.3 Å². The lowest BCUT2D eigenvalue weighted by Gasteiger charge is -2.05. The molecule has 0 aliphatic heterocycles. The standard InChI is InChI=1S/C10H17NO2.CH3Br/c1-3-4-5-6-8(2)7-9(11)10(12)13;1-2/h3,6,9H,1,4-5,7,11H2,2H3,(H,12,13);1H3/b8-6+;. The SMILES string of the molecule is C=CCC/C=C(\C)CC(N)C(=O)O.CBr. The van der Waals surface area contributed by atoms with Gasteiger partial charge in [-0.15, -0.1) is 6.58 Å². The summed E-state index contributed by atoms with van der Waals surface area (Å²) in [6.07, 6.45) is 6.08. The van der Waals surface area contributed by atoms with Crippen molar-refractivity contribution in [2.75, 3.05) is 5.83 Å². The van der Waals surface area contributed by atoms with Gasteiger partial charge in [0.15, 0.2) is 0 Å². The summed E-state index contributed by atoms with van der Waals surface area (Å²) in [5.74, 6) is 0.865. The third kappa shape index (κ3) is 11.3. The van der Waals surface area contributed by atoms with Crippen LogP contribution in [0.4, 0.5) is 0 Å². The smallest absolute Gasteiger partial charge is 0.320 e. The molecule has 0 aliphatic carbocycles.